The largest absolute Gasteiger partial charge is 0.482 e. The topological polar surface area (TPSA) is 102 Å². The molecule has 8 heteroatoms. The van der Waals surface area contributed by atoms with Gasteiger partial charge >= 0.3 is 0 Å². The minimum absolute atomic E-state index is 0.0290. The molecule has 0 saturated heterocycles. The highest BCUT2D eigenvalue weighted by Gasteiger charge is 2.21. The van der Waals surface area contributed by atoms with Crippen LogP contribution in [0.1, 0.15) is 15.9 Å². The van der Waals surface area contributed by atoms with Crippen LogP contribution in [-0.2, 0) is 11.3 Å². The number of nitrogens with zero attached hydrogens (tertiary/aromatic N) is 2. The number of nitrogens with one attached hydrogen (secondary N) is 1. The molecule has 3 rings (SSSR count). The molecule has 2 aromatic rings. The van der Waals surface area contributed by atoms with Gasteiger partial charge < -0.3 is 15.0 Å². The maximum absolute atomic E-state index is 12.6. The Hall–Kier alpha value is -3.42. The van der Waals surface area contributed by atoms with E-state index >= 15 is 0 Å². The van der Waals surface area contributed by atoms with E-state index in [4.69, 9.17) is 4.74 Å². The molecule has 1 aliphatic heterocycles. The Bertz CT molecular complexity index is 865. The zero-order valence-electron chi connectivity index (χ0n) is 13.4. The van der Waals surface area contributed by atoms with E-state index in [1.165, 1.54) is 11.0 Å². The molecule has 2 aromatic carbocycles. The molecule has 0 bridgehead atoms. The van der Waals surface area contributed by atoms with Crippen LogP contribution in [0, 0.1) is 10.1 Å². The minimum atomic E-state index is -0.469. The summed E-state index contributed by atoms with van der Waals surface area (Å²) in [6.45, 7) is 0.00135. The maximum atomic E-state index is 12.6. The predicted molar refractivity (Wildman–Crippen MR) is 89.5 cm³/mol. The minimum Gasteiger partial charge on any atom is -0.482 e. The highest BCUT2D eigenvalue weighted by molar-refractivity contribution is 5.98. The summed E-state index contributed by atoms with van der Waals surface area (Å²) in [7, 11) is 1.57. The van der Waals surface area contributed by atoms with Crippen LogP contribution in [0.5, 0.6) is 5.75 Å². The molecule has 1 N–H and O–H groups in total. The SMILES string of the molecule is CN(Cc1ccccc1[N+](=O)[O-])C(=O)c1ccc2c(c1)OCC(=O)N2. The predicted octanol–water partition coefficient (Wildman–Crippen LogP) is 2.20. The molecule has 0 radical (unpaired) electrons. The van der Waals surface area contributed by atoms with Crippen molar-refractivity contribution in [1.82, 2.24) is 4.90 Å². The number of ether oxygens (including phenoxy) is 1. The molecule has 128 valence electrons. The average Bonchev–Trinajstić information content (AvgIpc) is 2.60. The van der Waals surface area contributed by atoms with Crippen LogP contribution in [0.2, 0.25) is 0 Å². The summed E-state index contributed by atoms with van der Waals surface area (Å²) >= 11 is 0. The van der Waals surface area contributed by atoms with Crippen molar-refractivity contribution in [2.24, 2.45) is 0 Å². The first-order chi connectivity index (χ1) is 12.0. The second-order valence-corrected chi connectivity index (χ2v) is 5.59. The van der Waals surface area contributed by atoms with Crippen molar-refractivity contribution in [3.63, 3.8) is 0 Å². The molecule has 0 aliphatic carbocycles. The van der Waals surface area contributed by atoms with Crippen LogP contribution in [0.3, 0.4) is 0 Å². The van der Waals surface area contributed by atoms with E-state index in [0.717, 1.165) is 0 Å². The Kier molecular flexibility index (Phi) is 4.34. The van der Waals surface area contributed by atoms with Gasteiger partial charge in [-0.3, -0.25) is 19.7 Å². The van der Waals surface area contributed by atoms with Gasteiger partial charge in [0.2, 0.25) is 0 Å². The second-order valence-electron chi connectivity index (χ2n) is 5.59. The van der Waals surface area contributed by atoms with E-state index < -0.39 is 4.92 Å². The summed E-state index contributed by atoms with van der Waals surface area (Å²) in [6.07, 6.45) is 0. The van der Waals surface area contributed by atoms with Crippen molar-refractivity contribution in [3.8, 4) is 5.75 Å². The van der Waals surface area contributed by atoms with Crippen LogP contribution in [-0.4, -0.2) is 35.3 Å². The third-order valence-electron chi connectivity index (χ3n) is 3.80. The zero-order chi connectivity index (χ0) is 18.0. The van der Waals surface area contributed by atoms with Crippen LogP contribution in [0.4, 0.5) is 11.4 Å². The smallest absolute Gasteiger partial charge is 0.274 e. The number of anilines is 1. The summed E-state index contributed by atoms with van der Waals surface area (Å²) in [4.78, 5) is 35.9. The first-order valence-corrected chi connectivity index (χ1v) is 7.50. The van der Waals surface area contributed by atoms with Gasteiger partial charge in [0, 0.05) is 24.2 Å². The van der Waals surface area contributed by atoms with E-state index in [-0.39, 0.29) is 30.7 Å². The van der Waals surface area contributed by atoms with Gasteiger partial charge in [0.1, 0.15) is 5.75 Å². The van der Waals surface area contributed by atoms with Crippen LogP contribution < -0.4 is 10.1 Å². The van der Waals surface area contributed by atoms with E-state index in [0.29, 0.717) is 22.6 Å². The first-order valence-electron chi connectivity index (χ1n) is 7.50. The van der Waals surface area contributed by atoms with Gasteiger partial charge in [0.25, 0.3) is 17.5 Å². The zero-order valence-corrected chi connectivity index (χ0v) is 13.4. The molecule has 0 spiro atoms. The quantitative estimate of drug-likeness (QED) is 0.678. The molecular formula is C17H15N3O5. The number of hydrogen-bond acceptors (Lipinski definition) is 5. The number of carbonyl (C=O) groups is 2. The molecule has 2 amide bonds. The first kappa shape index (κ1) is 16.4. The average molecular weight is 341 g/mol. The lowest BCUT2D eigenvalue weighted by Gasteiger charge is -2.21. The molecular weight excluding hydrogens is 326 g/mol. The number of carbonyl (C=O) groups excluding carboxylic acids is 2. The summed E-state index contributed by atoms with van der Waals surface area (Å²) in [5.74, 6) is -0.133. The molecule has 0 unspecified atom stereocenters. The lowest BCUT2D eigenvalue weighted by Crippen LogP contribution is -2.28. The van der Waals surface area contributed by atoms with E-state index in [9.17, 15) is 19.7 Å². The molecule has 1 heterocycles. The lowest BCUT2D eigenvalue weighted by atomic mass is 10.1. The van der Waals surface area contributed by atoms with Crippen LogP contribution in [0.25, 0.3) is 0 Å². The van der Waals surface area contributed by atoms with Gasteiger partial charge in [-0.1, -0.05) is 18.2 Å². The normalized spacial score (nSPS) is 12.6. The van der Waals surface area contributed by atoms with Crippen LogP contribution in [0.15, 0.2) is 42.5 Å². The molecule has 0 saturated carbocycles. The molecule has 1 aliphatic rings. The van der Waals surface area contributed by atoms with Crippen molar-refractivity contribution < 1.29 is 19.2 Å². The fourth-order valence-corrected chi connectivity index (χ4v) is 2.58. The number of amides is 2. The number of rotatable bonds is 4. The summed E-state index contributed by atoms with van der Waals surface area (Å²) in [6, 6.07) is 11.0. The Morgan fingerprint density at radius 2 is 2.08 bits per heavy atom. The summed E-state index contributed by atoms with van der Waals surface area (Å²) in [5.41, 5.74) is 1.30. The Balaban J connectivity index is 1.79. The fourth-order valence-electron chi connectivity index (χ4n) is 2.58. The highest BCUT2D eigenvalue weighted by atomic mass is 16.6. The van der Waals surface area contributed by atoms with Crippen LogP contribution >= 0.6 is 0 Å². The third kappa shape index (κ3) is 3.42. The number of para-hydroxylation sites is 1. The lowest BCUT2D eigenvalue weighted by molar-refractivity contribution is -0.385. The van der Waals surface area contributed by atoms with Crippen molar-refractivity contribution >= 4 is 23.2 Å². The number of nitro groups is 1. The van der Waals surface area contributed by atoms with Gasteiger partial charge in [-0.15, -0.1) is 0 Å². The molecule has 25 heavy (non-hydrogen) atoms. The fraction of sp³-hybridized carbons (Fsp3) is 0.176. The Labute approximate surface area is 143 Å². The molecule has 0 aromatic heterocycles. The Morgan fingerprint density at radius 1 is 1.32 bits per heavy atom. The van der Waals surface area contributed by atoms with Gasteiger partial charge in [-0.05, 0) is 18.2 Å². The highest BCUT2D eigenvalue weighted by Crippen LogP contribution is 2.29. The van der Waals surface area contributed by atoms with Crippen molar-refractivity contribution in [3.05, 3.63) is 63.7 Å². The molecule has 8 nitrogen and oxygen atoms in total. The van der Waals surface area contributed by atoms with Gasteiger partial charge in [0.05, 0.1) is 17.2 Å². The van der Waals surface area contributed by atoms with Gasteiger partial charge in [-0.2, -0.15) is 0 Å². The van der Waals surface area contributed by atoms with Crippen molar-refractivity contribution in [2.75, 3.05) is 19.0 Å². The standard InChI is InChI=1S/C17H15N3O5/c1-19(9-12-4-2-3-5-14(12)20(23)24)17(22)11-6-7-13-15(8-11)25-10-16(21)18-13/h2-8H,9-10H2,1H3,(H,18,21). The van der Waals surface area contributed by atoms with E-state index in [1.807, 2.05) is 0 Å². The molecule has 0 fully saturated rings. The molecule has 0 atom stereocenters. The summed E-state index contributed by atoms with van der Waals surface area (Å²) < 4.78 is 5.30. The third-order valence-corrected chi connectivity index (χ3v) is 3.80. The second kappa shape index (κ2) is 6.60. The Morgan fingerprint density at radius 3 is 2.84 bits per heavy atom. The number of hydrogen-bond donors (Lipinski definition) is 1. The monoisotopic (exact) mass is 341 g/mol. The number of nitro benzene ring substituents is 1. The van der Waals surface area contributed by atoms with Crippen molar-refractivity contribution in [2.45, 2.75) is 6.54 Å². The number of benzene rings is 2. The van der Waals surface area contributed by atoms with Gasteiger partial charge in [-0.25, -0.2) is 0 Å². The van der Waals surface area contributed by atoms with E-state index in [1.54, 1.807) is 43.4 Å². The maximum Gasteiger partial charge on any atom is 0.274 e. The van der Waals surface area contributed by atoms with Crippen molar-refractivity contribution in [1.29, 1.82) is 0 Å². The summed E-state index contributed by atoms with van der Waals surface area (Å²) in [5, 5.41) is 13.7. The van der Waals surface area contributed by atoms with E-state index in [2.05, 4.69) is 5.32 Å². The van der Waals surface area contributed by atoms with Gasteiger partial charge in [0.15, 0.2) is 6.61 Å². The number of fused-ring (bicyclic) bond motifs is 1.